The first-order valence-electron chi connectivity index (χ1n) is 10.4. The molecule has 0 aliphatic heterocycles. The summed E-state index contributed by atoms with van der Waals surface area (Å²) in [7, 11) is -2.32. The van der Waals surface area contributed by atoms with Crippen molar-refractivity contribution in [2.75, 3.05) is 13.7 Å². The second-order valence-electron chi connectivity index (χ2n) is 7.05. The van der Waals surface area contributed by atoms with Gasteiger partial charge in [-0.15, -0.1) is 0 Å². The van der Waals surface area contributed by atoms with Crippen molar-refractivity contribution in [3.63, 3.8) is 0 Å². The third-order valence-electron chi connectivity index (χ3n) is 4.62. The molecule has 0 bridgehead atoms. The first-order valence-corrected chi connectivity index (χ1v) is 11.9. The molecule has 0 spiro atoms. The zero-order valence-corrected chi connectivity index (χ0v) is 19.5. The van der Waals surface area contributed by atoms with Crippen LogP contribution >= 0.6 is 0 Å². The number of carbonyl (C=O) groups is 2. The Labute approximate surface area is 197 Å². The fraction of sp³-hybridized carbons (Fsp3) is 0.217. The van der Waals surface area contributed by atoms with Crippen molar-refractivity contribution < 1.29 is 31.9 Å². The number of ether oxygens (including phenoxy) is 2. The van der Waals surface area contributed by atoms with Crippen LogP contribution in [-0.4, -0.2) is 33.9 Å². The topological polar surface area (TPSA) is 136 Å². The summed E-state index contributed by atoms with van der Waals surface area (Å²) in [5, 5.41) is 0. The maximum absolute atomic E-state index is 12.4. The number of carbonyl (C=O) groups excluding carboxylic acids is 2. The summed E-state index contributed by atoms with van der Waals surface area (Å²) >= 11 is 0. The minimum absolute atomic E-state index is 0.0000954. The molecule has 34 heavy (non-hydrogen) atoms. The van der Waals surface area contributed by atoms with Gasteiger partial charge >= 0.3 is 0 Å². The summed E-state index contributed by atoms with van der Waals surface area (Å²) in [5.74, 6) is 0.199. The molecule has 0 atom stereocenters. The number of hydrogen-bond donors (Lipinski definition) is 3. The van der Waals surface area contributed by atoms with E-state index in [2.05, 4.69) is 15.6 Å². The van der Waals surface area contributed by atoms with Gasteiger partial charge in [-0.25, -0.2) is 13.1 Å². The van der Waals surface area contributed by atoms with E-state index < -0.39 is 21.8 Å². The molecule has 11 heteroatoms. The summed E-state index contributed by atoms with van der Waals surface area (Å²) in [5.41, 5.74) is 5.03. The average molecular weight is 488 g/mol. The van der Waals surface area contributed by atoms with Crippen LogP contribution in [0.4, 0.5) is 0 Å². The van der Waals surface area contributed by atoms with Crippen molar-refractivity contribution in [2.45, 2.75) is 24.8 Å². The van der Waals surface area contributed by atoms with E-state index in [9.17, 15) is 18.0 Å². The van der Waals surface area contributed by atoms with E-state index in [0.29, 0.717) is 23.9 Å². The Morgan fingerprint density at radius 3 is 2.24 bits per heavy atom. The minimum atomic E-state index is -3.79. The van der Waals surface area contributed by atoms with Crippen LogP contribution in [0.5, 0.6) is 11.5 Å². The number of hydrogen-bond acceptors (Lipinski definition) is 7. The van der Waals surface area contributed by atoms with Gasteiger partial charge in [0.25, 0.3) is 11.8 Å². The molecule has 1 aromatic heterocycles. The van der Waals surface area contributed by atoms with Crippen LogP contribution in [0.15, 0.2) is 70.2 Å². The third-order valence-corrected chi connectivity index (χ3v) is 6.04. The number of methoxy groups -OCH3 is 1. The zero-order chi connectivity index (χ0) is 24.6. The van der Waals surface area contributed by atoms with Gasteiger partial charge in [0, 0.05) is 11.1 Å². The van der Waals surface area contributed by atoms with Gasteiger partial charge in [-0.05, 0) is 61.0 Å². The fourth-order valence-electron chi connectivity index (χ4n) is 2.85. The summed E-state index contributed by atoms with van der Waals surface area (Å²) in [4.78, 5) is 24.8. The molecule has 0 aliphatic carbocycles. The maximum atomic E-state index is 12.4. The molecule has 3 rings (SSSR count). The van der Waals surface area contributed by atoms with Crippen LogP contribution in [0.2, 0.25) is 0 Å². The second kappa shape index (κ2) is 11.3. The number of hydrazine groups is 1. The first kappa shape index (κ1) is 24.8. The molecule has 0 saturated heterocycles. The molecule has 2 amide bonds. The number of amides is 2. The van der Waals surface area contributed by atoms with Crippen molar-refractivity contribution >= 4 is 21.8 Å². The van der Waals surface area contributed by atoms with Crippen molar-refractivity contribution in [1.29, 1.82) is 0 Å². The predicted octanol–water partition coefficient (Wildman–Crippen LogP) is 2.63. The third kappa shape index (κ3) is 6.36. The Bertz CT molecular complexity index is 1220. The molecule has 0 saturated carbocycles. The molecule has 3 N–H and O–H groups in total. The molecule has 0 aliphatic rings. The van der Waals surface area contributed by atoms with Crippen molar-refractivity contribution in [3.05, 3.63) is 77.7 Å². The molecule has 1 heterocycles. The fourth-order valence-corrected chi connectivity index (χ4v) is 3.84. The maximum Gasteiger partial charge on any atom is 0.269 e. The van der Waals surface area contributed by atoms with Gasteiger partial charge in [0.1, 0.15) is 5.76 Å². The van der Waals surface area contributed by atoms with E-state index in [1.165, 1.54) is 43.7 Å². The molecule has 3 aromatic rings. The van der Waals surface area contributed by atoms with E-state index >= 15 is 0 Å². The summed E-state index contributed by atoms with van der Waals surface area (Å²) in [6.45, 7) is 2.49. The molecule has 2 aromatic carbocycles. The highest BCUT2D eigenvalue weighted by Crippen LogP contribution is 2.28. The van der Waals surface area contributed by atoms with Gasteiger partial charge < -0.3 is 13.9 Å². The number of nitrogens with one attached hydrogen (secondary N) is 3. The molecule has 0 unspecified atom stereocenters. The Hall–Kier alpha value is -3.83. The highest BCUT2D eigenvalue weighted by atomic mass is 32.2. The molecule has 0 radical (unpaired) electrons. The van der Waals surface area contributed by atoms with E-state index in [1.54, 1.807) is 24.3 Å². The average Bonchev–Trinajstić information content (AvgIpc) is 3.38. The van der Waals surface area contributed by atoms with Crippen LogP contribution in [0, 0.1) is 0 Å². The second-order valence-corrected chi connectivity index (χ2v) is 8.82. The Kier molecular flexibility index (Phi) is 8.28. The van der Waals surface area contributed by atoms with Gasteiger partial charge in [0.05, 0.1) is 31.4 Å². The Morgan fingerprint density at radius 1 is 0.941 bits per heavy atom. The lowest BCUT2D eigenvalue weighted by Gasteiger charge is -2.12. The van der Waals surface area contributed by atoms with Crippen LogP contribution < -0.4 is 25.0 Å². The number of furan rings is 1. The monoisotopic (exact) mass is 487 g/mol. The van der Waals surface area contributed by atoms with Gasteiger partial charge in [0.2, 0.25) is 10.0 Å². The zero-order valence-electron chi connectivity index (χ0n) is 18.7. The summed E-state index contributed by atoms with van der Waals surface area (Å²) in [6, 6.07) is 13.2. The molecule has 0 fully saturated rings. The van der Waals surface area contributed by atoms with E-state index in [1.807, 2.05) is 6.92 Å². The molecular weight excluding hydrogens is 462 g/mol. The lowest BCUT2D eigenvalue weighted by molar-refractivity contribution is 0.0846. The lowest BCUT2D eigenvalue weighted by Crippen LogP contribution is -2.41. The van der Waals surface area contributed by atoms with Crippen molar-refractivity contribution in [2.24, 2.45) is 0 Å². The number of sulfonamides is 1. The van der Waals surface area contributed by atoms with Gasteiger partial charge in [-0.3, -0.25) is 20.4 Å². The number of benzene rings is 2. The normalized spacial score (nSPS) is 11.0. The van der Waals surface area contributed by atoms with E-state index in [0.717, 1.165) is 6.42 Å². The van der Waals surface area contributed by atoms with Crippen LogP contribution in [0.3, 0.4) is 0 Å². The molecule has 10 nitrogen and oxygen atoms in total. The lowest BCUT2D eigenvalue weighted by atomic mass is 10.2. The molecular formula is C23H25N3O7S. The van der Waals surface area contributed by atoms with E-state index in [-0.39, 0.29) is 22.6 Å². The largest absolute Gasteiger partial charge is 0.493 e. The summed E-state index contributed by atoms with van der Waals surface area (Å²) in [6.07, 6.45) is 2.27. The SMILES string of the molecule is CCCOc1ccc(C(=O)NNC(=O)c2ccc(S(=O)(=O)NCc3ccco3)cc2)cc1OC. The first-order chi connectivity index (χ1) is 16.3. The van der Waals surface area contributed by atoms with Crippen LogP contribution in [0.25, 0.3) is 0 Å². The quantitative estimate of drug-likeness (QED) is 0.374. The van der Waals surface area contributed by atoms with Gasteiger partial charge in [-0.2, -0.15) is 0 Å². The van der Waals surface area contributed by atoms with Crippen molar-refractivity contribution in [1.82, 2.24) is 15.6 Å². The standard InChI is InChI=1S/C23H25N3O7S/c1-3-12-33-20-11-8-17(14-21(20)31-2)23(28)26-25-22(27)16-6-9-19(10-7-16)34(29,30)24-15-18-5-4-13-32-18/h4-11,13-14,24H,3,12,15H2,1-2H3,(H,25,27)(H,26,28). The smallest absolute Gasteiger partial charge is 0.269 e. The van der Waals surface area contributed by atoms with Crippen molar-refractivity contribution in [3.8, 4) is 11.5 Å². The number of rotatable bonds is 10. The minimum Gasteiger partial charge on any atom is -0.493 e. The van der Waals surface area contributed by atoms with Crippen LogP contribution in [-0.2, 0) is 16.6 Å². The molecule has 180 valence electrons. The van der Waals surface area contributed by atoms with Gasteiger partial charge in [-0.1, -0.05) is 6.92 Å². The Morgan fingerprint density at radius 2 is 1.62 bits per heavy atom. The highest BCUT2D eigenvalue weighted by molar-refractivity contribution is 7.89. The van der Waals surface area contributed by atoms with Gasteiger partial charge in [0.15, 0.2) is 11.5 Å². The highest BCUT2D eigenvalue weighted by Gasteiger charge is 2.16. The van der Waals surface area contributed by atoms with Crippen LogP contribution in [0.1, 0.15) is 39.8 Å². The Balaban J connectivity index is 1.58. The summed E-state index contributed by atoms with van der Waals surface area (Å²) < 4.78 is 43.1. The van der Waals surface area contributed by atoms with E-state index in [4.69, 9.17) is 13.9 Å². The predicted molar refractivity (Wildman–Crippen MR) is 123 cm³/mol.